The highest BCUT2D eigenvalue weighted by molar-refractivity contribution is 6.30. The Kier molecular flexibility index (Phi) is 5.02. The first-order valence-corrected chi connectivity index (χ1v) is 9.76. The maximum absolute atomic E-state index is 12.7. The van der Waals surface area contributed by atoms with Gasteiger partial charge in [0.2, 0.25) is 0 Å². The van der Waals surface area contributed by atoms with Crippen LogP contribution in [0.3, 0.4) is 0 Å². The van der Waals surface area contributed by atoms with Gasteiger partial charge in [-0.2, -0.15) is 0 Å². The number of benzene rings is 1. The van der Waals surface area contributed by atoms with E-state index in [4.69, 9.17) is 23.2 Å². The van der Waals surface area contributed by atoms with Crippen molar-refractivity contribution >= 4 is 34.4 Å². The molecule has 4 rings (SSSR count). The van der Waals surface area contributed by atoms with Crippen LogP contribution in [0.4, 0.5) is 0 Å². The van der Waals surface area contributed by atoms with E-state index in [9.17, 15) is 9.59 Å². The van der Waals surface area contributed by atoms with Crippen LogP contribution in [0.25, 0.3) is 22.6 Å². The Labute approximate surface area is 175 Å². The van der Waals surface area contributed by atoms with Gasteiger partial charge in [-0.1, -0.05) is 35.3 Å². The molecule has 0 unspecified atom stereocenters. The summed E-state index contributed by atoms with van der Waals surface area (Å²) in [4.78, 5) is 36.4. The summed E-state index contributed by atoms with van der Waals surface area (Å²) in [5.74, 6) is 0.537. The Morgan fingerprint density at radius 1 is 1.00 bits per heavy atom. The van der Waals surface area contributed by atoms with E-state index in [1.165, 1.54) is 4.57 Å². The lowest BCUT2D eigenvalue weighted by atomic mass is 10.1. The summed E-state index contributed by atoms with van der Waals surface area (Å²) in [6.07, 6.45) is 0. The molecule has 7 nitrogen and oxygen atoms in total. The first-order valence-electron chi connectivity index (χ1n) is 9.00. The summed E-state index contributed by atoms with van der Waals surface area (Å²) in [6.45, 7) is 4.40. The number of hydrogen-bond acceptors (Lipinski definition) is 4. The van der Waals surface area contributed by atoms with Gasteiger partial charge < -0.3 is 4.57 Å². The molecule has 0 spiro atoms. The number of imidazole rings is 1. The molecule has 0 aliphatic heterocycles. The average Bonchev–Trinajstić information content (AvgIpc) is 3.03. The monoisotopic (exact) mass is 429 g/mol. The number of H-pyrrole nitrogens is 1. The molecule has 0 amide bonds. The second-order valence-corrected chi connectivity index (χ2v) is 7.41. The minimum atomic E-state index is -0.487. The number of aromatic amines is 1. The number of fused-ring (bicyclic) bond motifs is 1. The molecule has 0 aliphatic carbocycles. The summed E-state index contributed by atoms with van der Waals surface area (Å²) in [5, 5.41) is 0.995. The molecule has 3 aromatic heterocycles. The van der Waals surface area contributed by atoms with Gasteiger partial charge >= 0.3 is 5.69 Å². The van der Waals surface area contributed by atoms with E-state index in [0.29, 0.717) is 45.9 Å². The fourth-order valence-electron chi connectivity index (χ4n) is 3.36. The van der Waals surface area contributed by atoms with Crippen molar-refractivity contribution in [1.82, 2.24) is 24.1 Å². The Balaban J connectivity index is 2.05. The summed E-state index contributed by atoms with van der Waals surface area (Å²) in [5.41, 5.74) is 2.02. The molecule has 0 saturated heterocycles. The molecular formula is C20H17Cl2N5O2. The van der Waals surface area contributed by atoms with E-state index in [1.807, 2.05) is 32.0 Å². The van der Waals surface area contributed by atoms with Crippen LogP contribution in [0.15, 0.2) is 46.0 Å². The van der Waals surface area contributed by atoms with Gasteiger partial charge in [0, 0.05) is 29.4 Å². The highest BCUT2D eigenvalue weighted by atomic mass is 35.5. The van der Waals surface area contributed by atoms with Crippen molar-refractivity contribution in [2.75, 3.05) is 0 Å². The Bertz CT molecular complexity index is 1340. The molecule has 0 fully saturated rings. The van der Waals surface area contributed by atoms with Crippen LogP contribution in [0.2, 0.25) is 10.2 Å². The van der Waals surface area contributed by atoms with Crippen LogP contribution >= 0.6 is 23.2 Å². The van der Waals surface area contributed by atoms with Crippen LogP contribution in [0.1, 0.15) is 18.2 Å². The number of aromatic nitrogens is 5. The van der Waals surface area contributed by atoms with E-state index in [0.717, 1.165) is 11.1 Å². The van der Waals surface area contributed by atoms with Crippen LogP contribution in [-0.2, 0) is 13.1 Å². The van der Waals surface area contributed by atoms with Crippen molar-refractivity contribution < 1.29 is 0 Å². The van der Waals surface area contributed by atoms with E-state index < -0.39 is 11.2 Å². The predicted molar refractivity (Wildman–Crippen MR) is 114 cm³/mol. The topological polar surface area (TPSA) is 85.6 Å². The summed E-state index contributed by atoms with van der Waals surface area (Å²) in [7, 11) is 0. The van der Waals surface area contributed by atoms with Gasteiger partial charge in [0.15, 0.2) is 11.2 Å². The maximum Gasteiger partial charge on any atom is 0.330 e. The lowest BCUT2D eigenvalue weighted by molar-refractivity contribution is 0.717. The minimum absolute atomic E-state index is 0.325. The highest BCUT2D eigenvalue weighted by Gasteiger charge is 2.21. The summed E-state index contributed by atoms with van der Waals surface area (Å²) < 4.78 is 3.23. The van der Waals surface area contributed by atoms with E-state index in [2.05, 4.69) is 15.0 Å². The first-order chi connectivity index (χ1) is 13.9. The number of aryl methyl sites for hydroxylation is 2. The highest BCUT2D eigenvalue weighted by Crippen LogP contribution is 2.27. The zero-order valence-electron chi connectivity index (χ0n) is 15.7. The van der Waals surface area contributed by atoms with Crippen molar-refractivity contribution in [3.63, 3.8) is 0 Å². The lowest BCUT2D eigenvalue weighted by Gasteiger charge is -2.11. The average molecular weight is 430 g/mol. The molecule has 4 aromatic rings. The zero-order valence-corrected chi connectivity index (χ0v) is 17.3. The van der Waals surface area contributed by atoms with Gasteiger partial charge in [0.1, 0.15) is 11.0 Å². The number of nitrogens with one attached hydrogen (secondary N) is 1. The van der Waals surface area contributed by atoms with Gasteiger partial charge in [-0.05, 0) is 43.7 Å². The fourth-order valence-corrected chi connectivity index (χ4v) is 3.68. The zero-order chi connectivity index (χ0) is 20.7. The molecule has 0 atom stereocenters. The predicted octanol–water partition coefficient (Wildman–Crippen LogP) is 3.63. The van der Waals surface area contributed by atoms with Crippen LogP contribution in [-0.4, -0.2) is 24.1 Å². The summed E-state index contributed by atoms with van der Waals surface area (Å²) in [6, 6.07) is 10.8. The third kappa shape index (κ3) is 3.47. The molecule has 0 aliphatic rings. The van der Waals surface area contributed by atoms with Crippen LogP contribution in [0, 0.1) is 6.92 Å². The molecule has 0 bridgehead atoms. The molecule has 9 heteroatoms. The molecule has 0 radical (unpaired) electrons. The Morgan fingerprint density at radius 3 is 2.38 bits per heavy atom. The van der Waals surface area contributed by atoms with Gasteiger partial charge in [-0.15, -0.1) is 0 Å². The fraction of sp³-hybridized carbons (Fsp3) is 0.200. The van der Waals surface area contributed by atoms with E-state index in [-0.39, 0.29) is 0 Å². The van der Waals surface area contributed by atoms with Gasteiger partial charge in [0.05, 0.1) is 0 Å². The second kappa shape index (κ2) is 7.50. The number of nitrogens with zero attached hydrogens (tertiary/aromatic N) is 4. The van der Waals surface area contributed by atoms with E-state index in [1.54, 1.807) is 22.8 Å². The van der Waals surface area contributed by atoms with Gasteiger partial charge in [-0.25, -0.2) is 14.8 Å². The molecular weight excluding hydrogens is 413 g/mol. The second-order valence-electron chi connectivity index (χ2n) is 6.59. The Hall–Kier alpha value is -2.90. The van der Waals surface area contributed by atoms with Crippen molar-refractivity contribution in [1.29, 1.82) is 0 Å². The third-order valence-electron chi connectivity index (χ3n) is 4.75. The number of pyridine rings is 1. The van der Waals surface area contributed by atoms with Crippen molar-refractivity contribution in [3.8, 4) is 11.4 Å². The van der Waals surface area contributed by atoms with E-state index >= 15 is 0 Å². The SMILES string of the molecule is CCn1c(=O)[nH]c(=O)c2c1nc(-c1ccc(Cl)nc1C)n2Cc1ccc(Cl)cc1. The standard InChI is InChI=1S/C20H17Cl2N5O2/c1-3-26-18-16(19(28)25-20(26)29)27(10-12-4-6-13(21)7-5-12)17(24-18)14-8-9-15(22)23-11(14)2/h4-9H,3,10H2,1-2H3,(H,25,28,29). The smallest absolute Gasteiger partial charge is 0.314 e. The molecule has 1 aromatic carbocycles. The number of halogens is 2. The first kappa shape index (κ1) is 19.4. The van der Waals surface area contributed by atoms with Crippen LogP contribution < -0.4 is 11.2 Å². The Morgan fingerprint density at radius 2 is 1.72 bits per heavy atom. The number of rotatable bonds is 4. The molecule has 0 saturated carbocycles. The minimum Gasteiger partial charge on any atom is -0.314 e. The quantitative estimate of drug-likeness (QED) is 0.501. The lowest BCUT2D eigenvalue weighted by Crippen LogP contribution is -2.30. The van der Waals surface area contributed by atoms with Crippen LogP contribution in [0.5, 0.6) is 0 Å². The van der Waals surface area contributed by atoms with Crippen molar-refractivity contribution in [2.24, 2.45) is 0 Å². The molecule has 29 heavy (non-hydrogen) atoms. The normalized spacial score (nSPS) is 11.3. The van der Waals surface area contributed by atoms with Crippen molar-refractivity contribution in [3.05, 3.63) is 78.7 Å². The van der Waals surface area contributed by atoms with Crippen molar-refractivity contribution in [2.45, 2.75) is 26.9 Å². The van der Waals surface area contributed by atoms with Gasteiger partial charge in [-0.3, -0.25) is 14.3 Å². The number of hydrogen-bond donors (Lipinski definition) is 1. The summed E-state index contributed by atoms with van der Waals surface area (Å²) >= 11 is 12.0. The van der Waals surface area contributed by atoms with Gasteiger partial charge in [0.25, 0.3) is 5.56 Å². The molecule has 1 N–H and O–H groups in total. The largest absolute Gasteiger partial charge is 0.330 e. The maximum atomic E-state index is 12.7. The molecule has 148 valence electrons. The third-order valence-corrected chi connectivity index (χ3v) is 5.21. The molecule has 3 heterocycles.